The van der Waals surface area contributed by atoms with Gasteiger partial charge >= 0.3 is 0 Å². The zero-order valence-corrected chi connectivity index (χ0v) is 23.8. The highest BCUT2D eigenvalue weighted by Crippen LogP contribution is 2.26. The molecule has 3 aromatic carbocycles. The molecular weight excluding hydrogens is 532 g/mol. The monoisotopic (exact) mass is 566 g/mol. The maximum absolute atomic E-state index is 13.9. The number of hydrogen-bond donors (Lipinski definition) is 1. The molecule has 0 spiro atoms. The predicted octanol–water partition coefficient (Wildman–Crippen LogP) is 4.43. The van der Waals surface area contributed by atoms with E-state index in [0.717, 1.165) is 15.4 Å². The summed E-state index contributed by atoms with van der Waals surface area (Å²) in [4.78, 5) is 38.9. The lowest BCUT2D eigenvalue weighted by molar-refractivity contribution is -0.384. The van der Waals surface area contributed by atoms with Crippen molar-refractivity contribution in [3.63, 3.8) is 0 Å². The van der Waals surface area contributed by atoms with Gasteiger partial charge in [-0.1, -0.05) is 55.0 Å². The minimum absolute atomic E-state index is 0.0473. The minimum atomic E-state index is -4.25. The van der Waals surface area contributed by atoms with Gasteiger partial charge in [-0.15, -0.1) is 0 Å². The van der Waals surface area contributed by atoms with Crippen LogP contribution in [0.2, 0.25) is 0 Å². The van der Waals surface area contributed by atoms with E-state index < -0.39 is 33.4 Å². The first kappa shape index (κ1) is 30.3. The van der Waals surface area contributed by atoms with Crippen molar-refractivity contribution < 1.29 is 22.9 Å². The van der Waals surface area contributed by atoms with Crippen LogP contribution in [0.4, 0.5) is 11.4 Å². The second kappa shape index (κ2) is 13.2. The highest BCUT2D eigenvalue weighted by atomic mass is 32.2. The maximum atomic E-state index is 13.9. The van der Waals surface area contributed by atoms with E-state index in [-0.39, 0.29) is 34.8 Å². The molecule has 0 heterocycles. The van der Waals surface area contributed by atoms with E-state index in [4.69, 9.17) is 0 Å². The molecule has 0 radical (unpaired) electrons. The lowest BCUT2D eigenvalue weighted by Gasteiger charge is -2.32. The number of non-ortho nitro benzene ring substituents is 1. The van der Waals surface area contributed by atoms with Crippen molar-refractivity contribution in [1.82, 2.24) is 10.2 Å². The Labute approximate surface area is 234 Å². The number of anilines is 1. The van der Waals surface area contributed by atoms with Gasteiger partial charge in [-0.05, 0) is 57.0 Å². The van der Waals surface area contributed by atoms with Gasteiger partial charge in [-0.3, -0.25) is 24.0 Å². The van der Waals surface area contributed by atoms with Crippen molar-refractivity contribution in [3.05, 3.63) is 100 Å². The smallest absolute Gasteiger partial charge is 0.269 e. The SMILES string of the molecule is CC[C@H](C)NC(=O)[C@@H](C)N(Cc1cccc(C)c1)C(=O)CN(c1ccc([N+](=O)[O-])cc1)S(=O)(=O)c1ccccc1. The third-order valence-corrected chi connectivity index (χ3v) is 8.35. The molecule has 0 saturated carbocycles. The van der Waals surface area contributed by atoms with Gasteiger partial charge in [0.25, 0.3) is 15.7 Å². The van der Waals surface area contributed by atoms with Crippen LogP contribution in [0.5, 0.6) is 0 Å². The van der Waals surface area contributed by atoms with Gasteiger partial charge < -0.3 is 10.2 Å². The van der Waals surface area contributed by atoms with Gasteiger partial charge in [0.05, 0.1) is 15.5 Å². The molecule has 2 atom stereocenters. The van der Waals surface area contributed by atoms with Crippen LogP contribution < -0.4 is 9.62 Å². The quantitative estimate of drug-likeness (QED) is 0.255. The molecule has 10 nitrogen and oxygen atoms in total. The molecule has 11 heteroatoms. The number of sulfonamides is 1. The zero-order chi connectivity index (χ0) is 29.4. The van der Waals surface area contributed by atoms with Crippen molar-refractivity contribution in [2.24, 2.45) is 0 Å². The topological polar surface area (TPSA) is 130 Å². The van der Waals surface area contributed by atoms with Crippen LogP contribution in [-0.4, -0.2) is 48.7 Å². The summed E-state index contributed by atoms with van der Waals surface area (Å²) in [5.74, 6) is -0.964. The number of carbonyl (C=O) groups excluding carboxylic acids is 2. The molecule has 0 aliphatic heterocycles. The number of aryl methyl sites for hydroxylation is 1. The number of amides is 2. The van der Waals surface area contributed by atoms with Gasteiger partial charge in [0.1, 0.15) is 12.6 Å². The Morgan fingerprint density at radius 1 is 0.975 bits per heavy atom. The molecule has 0 aliphatic carbocycles. The average molecular weight is 567 g/mol. The third-order valence-electron chi connectivity index (χ3n) is 6.56. The second-order valence-corrected chi connectivity index (χ2v) is 11.5. The summed E-state index contributed by atoms with van der Waals surface area (Å²) in [6, 6.07) is 19.0. The largest absolute Gasteiger partial charge is 0.352 e. The number of carbonyl (C=O) groups is 2. The first-order valence-corrected chi connectivity index (χ1v) is 14.4. The van der Waals surface area contributed by atoms with Crippen molar-refractivity contribution in [3.8, 4) is 0 Å². The summed E-state index contributed by atoms with van der Waals surface area (Å²) >= 11 is 0. The van der Waals surface area contributed by atoms with E-state index in [0.29, 0.717) is 6.42 Å². The van der Waals surface area contributed by atoms with Crippen LogP contribution >= 0.6 is 0 Å². The van der Waals surface area contributed by atoms with Gasteiger partial charge in [0.15, 0.2) is 0 Å². The Kier molecular flexibility index (Phi) is 10.0. The van der Waals surface area contributed by atoms with Crippen LogP contribution in [0.15, 0.2) is 83.8 Å². The van der Waals surface area contributed by atoms with E-state index in [1.165, 1.54) is 41.3 Å². The standard InChI is InChI=1S/C29H34N4O6S/c1-5-22(3)30-29(35)23(4)31(19-24-11-9-10-21(2)18-24)28(34)20-32(25-14-16-26(17-15-25)33(36)37)40(38,39)27-12-7-6-8-13-27/h6-18,22-23H,5,19-20H2,1-4H3,(H,30,35)/t22-,23+/m0/s1. The van der Waals surface area contributed by atoms with Crippen molar-refractivity contribution in [2.45, 2.75) is 57.6 Å². The van der Waals surface area contributed by atoms with Crippen LogP contribution in [0.25, 0.3) is 0 Å². The zero-order valence-electron chi connectivity index (χ0n) is 23.0. The molecule has 40 heavy (non-hydrogen) atoms. The molecule has 0 unspecified atom stereocenters. The van der Waals surface area contributed by atoms with E-state index in [9.17, 15) is 28.1 Å². The van der Waals surface area contributed by atoms with Crippen molar-refractivity contribution >= 4 is 33.2 Å². The van der Waals surface area contributed by atoms with E-state index in [2.05, 4.69) is 5.32 Å². The predicted molar refractivity (Wildman–Crippen MR) is 153 cm³/mol. The Morgan fingerprint density at radius 3 is 2.20 bits per heavy atom. The fraction of sp³-hybridized carbons (Fsp3) is 0.310. The second-order valence-electron chi connectivity index (χ2n) is 9.60. The lowest BCUT2D eigenvalue weighted by Crippen LogP contribution is -2.52. The lowest BCUT2D eigenvalue weighted by atomic mass is 10.1. The summed E-state index contributed by atoms with van der Waals surface area (Å²) in [6.07, 6.45) is 0.702. The number of nitro groups is 1. The Hall–Kier alpha value is -4.25. The van der Waals surface area contributed by atoms with Gasteiger partial charge in [0, 0.05) is 24.7 Å². The number of hydrogen-bond acceptors (Lipinski definition) is 6. The summed E-state index contributed by atoms with van der Waals surface area (Å²) in [5.41, 5.74) is 1.61. The van der Waals surface area contributed by atoms with Crippen LogP contribution in [0.1, 0.15) is 38.3 Å². The highest BCUT2D eigenvalue weighted by molar-refractivity contribution is 7.92. The Morgan fingerprint density at radius 2 is 1.62 bits per heavy atom. The number of nitro benzene ring substituents is 1. The van der Waals surface area contributed by atoms with Crippen molar-refractivity contribution in [2.75, 3.05) is 10.8 Å². The molecule has 2 amide bonds. The number of benzene rings is 3. The van der Waals surface area contributed by atoms with Gasteiger partial charge in [-0.25, -0.2) is 8.42 Å². The fourth-order valence-corrected chi connectivity index (χ4v) is 5.48. The van der Waals surface area contributed by atoms with E-state index >= 15 is 0 Å². The molecule has 0 aliphatic rings. The molecule has 3 aromatic rings. The molecular formula is C29H34N4O6S. The normalized spacial score (nSPS) is 12.7. The van der Waals surface area contributed by atoms with Crippen LogP contribution in [-0.2, 0) is 26.2 Å². The summed E-state index contributed by atoms with van der Waals surface area (Å²) in [6.45, 7) is 6.77. The number of nitrogens with one attached hydrogen (secondary N) is 1. The van der Waals surface area contributed by atoms with Crippen LogP contribution in [0.3, 0.4) is 0 Å². The maximum Gasteiger partial charge on any atom is 0.269 e. The van der Waals surface area contributed by atoms with Gasteiger partial charge in [0.2, 0.25) is 11.8 Å². The minimum Gasteiger partial charge on any atom is -0.352 e. The molecule has 1 N–H and O–H groups in total. The Bertz CT molecular complexity index is 1440. The number of nitrogens with zero attached hydrogens (tertiary/aromatic N) is 3. The Balaban J connectivity index is 2.03. The van der Waals surface area contributed by atoms with Crippen LogP contribution in [0, 0.1) is 17.0 Å². The molecule has 0 fully saturated rings. The van der Waals surface area contributed by atoms with Gasteiger partial charge in [-0.2, -0.15) is 0 Å². The first-order chi connectivity index (χ1) is 18.9. The summed E-state index contributed by atoms with van der Waals surface area (Å²) < 4.78 is 28.4. The first-order valence-electron chi connectivity index (χ1n) is 12.9. The number of rotatable bonds is 12. The fourth-order valence-electron chi connectivity index (χ4n) is 4.04. The summed E-state index contributed by atoms with van der Waals surface area (Å²) in [5, 5.41) is 14.1. The highest BCUT2D eigenvalue weighted by Gasteiger charge is 2.33. The molecule has 0 saturated heterocycles. The third kappa shape index (κ3) is 7.44. The molecule has 0 bridgehead atoms. The van der Waals surface area contributed by atoms with E-state index in [1.54, 1.807) is 25.1 Å². The molecule has 212 valence electrons. The average Bonchev–Trinajstić information content (AvgIpc) is 2.94. The summed E-state index contributed by atoms with van der Waals surface area (Å²) in [7, 11) is -4.25. The molecule has 0 aromatic heterocycles. The van der Waals surface area contributed by atoms with E-state index in [1.807, 2.05) is 45.0 Å². The van der Waals surface area contributed by atoms with Crippen molar-refractivity contribution in [1.29, 1.82) is 0 Å². The molecule has 3 rings (SSSR count).